The van der Waals surface area contributed by atoms with Crippen molar-refractivity contribution in [3.63, 3.8) is 0 Å². The van der Waals surface area contributed by atoms with Gasteiger partial charge in [0, 0.05) is 25.9 Å². The molecule has 0 saturated carbocycles. The number of methoxy groups -OCH3 is 1. The lowest BCUT2D eigenvalue weighted by atomic mass is 10.0. The van der Waals surface area contributed by atoms with Gasteiger partial charge in [-0.3, -0.25) is 9.69 Å². The molecule has 1 fully saturated rings. The molecule has 1 atom stereocenters. The van der Waals surface area contributed by atoms with Crippen LogP contribution in [0.4, 0.5) is 8.78 Å². The maximum absolute atomic E-state index is 14.0. The maximum Gasteiger partial charge on any atom is 0.274 e. The minimum atomic E-state index is -2.77. The standard InChI is InChI=1S/C17H20F2N2O2/c1-21-8-7-17(18,19)16(21)10-13(16)9-15(22)20-11-12-3-5-14(23-2)6-4-12/h3-6,10H,7-9,11H2,1-2H3,(H,20,22). The van der Waals surface area contributed by atoms with Crippen molar-refractivity contribution in [1.82, 2.24) is 10.2 Å². The molecule has 1 heterocycles. The number of likely N-dealkylation sites (tertiary alicyclic amines) is 1. The predicted molar refractivity (Wildman–Crippen MR) is 82.5 cm³/mol. The van der Waals surface area contributed by atoms with Crippen molar-refractivity contribution < 1.29 is 18.3 Å². The lowest BCUT2D eigenvalue weighted by Gasteiger charge is -2.26. The minimum absolute atomic E-state index is 0.0239. The molecule has 1 aliphatic carbocycles. The van der Waals surface area contributed by atoms with Crippen LogP contribution in [0.1, 0.15) is 18.4 Å². The summed E-state index contributed by atoms with van der Waals surface area (Å²) >= 11 is 0. The number of likely N-dealkylation sites (N-methyl/N-ethyl adjacent to an activating group) is 1. The highest BCUT2D eigenvalue weighted by molar-refractivity contribution is 5.81. The van der Waals surface area contributed by atoms with Gasteiger partial charge in [0.25, 0.3) is 5.92 Å². The number of hydrogen-bond donors (Lipinski definition) is 1. The largest absolute Gasteiger partial charge is 0.497 e. The average Bonchev–Trinajstić information content (AvgIpc) is 3.22. The summed E-state index contributed by atoms with van der Waals surface area (Å²) in [5, 5.41) is 2.77. The third-order valence-corrected chi connectivity index (χ3v) is 4.71. The molecule has 0 radical (unpaired) electrons. The fraction of sp³-hybridized carbons (Fsp3) is 0.471. The van der Waals surface area contributed by atoms with Crippen molar-refractivity contribution in [1.29, 1.82) is 0 Å². The van der Waals surface area contributed by atoms with Gasteiger partial charge in [-0.15, -0.1) is 0 Å². The summed E-state index contributed by atoms with van der Waals surface area (Å²) in [6, 6.07) is 7.34. The van der Waals surface area contributed by atoms with E-state index in [1.807, 2.05) is 24.3 Å². The molecule has 1 saturated heterocycles. The van der Waals surface area contributed by atoms with Crippen LogP contribution in [0, 0.1) is 0 Å². The summed E-state index contributed by atoms with van der Waals surface area (Å²) in [6.45, 7) is 0.718. The zero-order valence-electron chi connectivity index (χ0n) is 13.2. The Balaban J connectivity index is 1.52. The van der Waals surface area contributed by atoms with Crippen molar-refractivity contribution in [2.45, 2.75) is 30.8 Å². The quantitative estimate of drug-likeness (QED) is 0.846. The molecule has 1 aliphatic heterocycles. The Morgan fingerprint density at radius 2 is 2.04 bits per heavy atom. The van der Waals surface area contributed by atoms with E-state index < -0.39 is 11.5 Å². The monoisotopic (exact) mass is 322 g/mol. The maximum atomic E-state index is 14.0. The van der Waals surface area contributed by atoms with Crippen molar-refractivity contribution in [2.75, 3.05) is 20.7 Å². The lowest BCUT2D eigenvalue weighted by Crippen LogP contribution is -2.43. The van der Waals surface area contributed by atoms with Crippen LogP contribution in [0.15, 0.2) is 35.9 Å². The molecule has 4 nitrogen and oxygen atoms in total. The van der Waals surface area contributed by atoms with Gasteiger partial charge in [-0.2, -0.15) is 0 Å². The molecule has 0 aromatic heterocycles. The van der Waals surface area contributed by atoms with E-state index in [0.29, 0.717) is 18.7 Å². The molecule has 1 N–H and O–H groups in total. The second-order valence-corrected chi connectivity index (χ2v) is 6.11. The van der Waals surface area contributed by atoms with Crippen molar-refractivity contribution in [3.05, 3.63) is 41.5 Å². The molecule has 124 valence electrons. The third-order valence-electron chi connectivity index (χ3n) is 4.71. The topological polar surface area (TPSA) is 41.6 Å². The first-order valence-electron chi connectivity index (χ1n) is 7.60. The number of benzene rings is 1. The Kier molecular flexibility index (Phi) is 3.88. The number of alkyl halides is 2. The fourth-order valence-electron chi connectivity index (χ4n) is 3.23. The van der Waals surface area contributed by atoms with E-state index in [-0.39, 0.29) is 18.7 Å². The molecule has 1 aromatic carbocycles. The normalized spacial score (nSPS) is 25.3. The summed E-state index contributed by atoms with van der Waals surface area (Å²) < 4.78 is 33.1. The number of ether oxygens (including phenoxy) is 1. The Bertz CT molecular complexity index is 642. The first-order chi connectivity index (χ1) is 10.9. The molecule has 0 bridgehead atoms. The van der Waals surface area contributed by atoms with E-state index in [9.17, 15) is 13.6 Å². The van der Waals surface area contributed by atoms with E-state index in [1.165, 1.54) is 6.08 Å². The summed E-state index contributed by atoms with van der Waals surface area (Å²) in [5.74, 6) is -2.26. The molecule has 1 aromatic rings. The molecular weight excluding hydrogens is 302 g/mol. The van der Waals surface area contributed by atoms with Crippen molar-refractivity contribution in [2.24, 2.45) is 0 Å². The average molecular weight is 322 g/mol. The van der Waals surface area contributed by atoms with Gasteiger partial charge < -0.3 is 10.1 Å². The Hall–Kier alpha value is -1.95. The van der Waals surface area contributed by atoms with Crippen LogP contribution < -0.4 is 10.1 Å². The van der Waals surface area contributed by atoms with Crippen LogP contribution in [-0.2, 0) is 11.3 Å². The molecule has 1 spiro atoms. The number of halogens is 2. The third kappa shape index (κ3) is 2.72. The van der Waals surface area contributed by atoms with Gasteiger partial charge in [-0.05, 0) is 30.3 Å². The molecule has 1 unspecified atom stereocenters. The van der Waals surface area contributed by atoms with E-state index in [2.05, 4.69) is 5.32 Å². The number of rotatable bonds is 5. The number of nitrogens with zero attached hydrogens (tertiary/aromatic N) is 1. The number of nitrogens with one attached hydrogen (secondary N) is 1. The van der Waals surface area contributed by atoms with Gasteiger partial charge in [-0.1, -0.05) is 18.2 Å². The summed E-state index contributed by atoms with van der Waals surface area (Å²) in [7, 11) is 3.27. The molecule has 23 heavy (non-hydrogen) atoms. The highest BCUT2D eigenvalue weighted by Gasteiger charge is 2.68. The molecule has 6 heteroatoms. The van der Waals surface area contributed by atoms with Crippen LogP contribution >= 0.6 is 0 Å². The van der Waals surface area contributed by atoms with E-state index in [4.69, 9.17) is 4.74 Å². The van der Waals surface area contributed by atoms with Crippen molar-refractivity contribution >= 4 is 5.91 Å². The highest BCUT2D eigenvalue weighted by Crippen LogP contribution is 2.57. The molecule has 1 amide bonds. The summed E-state index contributed by atoms with van der Waals surface area (Å²) in [4.78, 5) is 13.6. The lowest BCUT2D eigenvalue weighted by molar-refractivity contribution is -0.120. The summed E-state index contributed by atoms with van der Waals surface area (Å²) in [5.41, 5.74) is 0.168. The van der Waals surface area contributed by atoms with Crippen LogP contribution in [-0.4, -0.2) is 43.0 Å². The Labute approximate surface area is 134 Å². The molecule has 3 rings (SSSR count). The second-order valence-electron chi connectivity index (χ2n) is 6.11. The summed E-state index contributed by atoms with van der Waals surface area (Å²) in [6.07, 6.45) is 1.40. The zero-order chi connectivity index (χ0) is 16.7. The SMILES string of the molecule is COc1ccc(CNC(=O)CC2=CC23N(C)CCC3(F)F)cc1. The van der Waals surface area contributed by atoms with Crippen LogP contribution in [0.2, 0.25) is 0 Å². The van der Waals surface area contributed by atoms with E-state index in [0.717, 1.165) is 11.3 Å². The van der Waals surface area contributed by atoms with Gasteiger partial charge in [0.1, 0.15) is 11.3 Å². The van der Waals surface area contributed by atoms with E-state index in [1.54, 1.807) is 19.1 Å². The molecule has 2 aliphatic rings. The first kappa shape index (κ1) is 15.9. The van der Waals surface area contributed by atoms with Gasteiger partial charge in [0.15, 0.2) is 0 Å². The van der Waals surface area contributed by atoms with Gasteiger partial charge >= 0.3 is 0 Å². The smallest absolute Gasteiger partial charge is 0.274 e. The zero-order valence-corrected chi connectivity index (χ0v) is 13.2. The number of amides is 1. The Morgan fingerprint density at radius 1 is 1.35 bits per heavy atom. The van der Waals surface area contributed by atoms with Gasteiger partial charge in [-0.25, -0.2) is 8.78 Å². The highest BCUT2D eigenvalue weighted by atomic mass is 19.3. The minimum Gasteiger partial charge on any atom is -0.497 e. The number of carbonyl (C=O) groups is 1. The van der Waals surface area contributed by atoms with Gasteiger partial charge in [0.2, 0.25) is 5.91 Å². The predicted octanol–water partition coefficient (Wildman–Crippen LogP) is 2.35. The molecular formula is C17H20F2N2O2. The van der Waals surface area contributed by atoms with Crippen LogP contribution in [0.5, 0.6) is 5.75 Å². The second kappa shape index (κ2) is 5.60. The number of carbonyl (C=O) groups excluding carboxylic acids is 1. The van der Waals surface area contributed by atoms with Gasteiger partial charge in [0.05, 0.1) is 7.11 Å². The van der Waals surface area contributed by atoms with Crippen LogP contribution in [0.3, 0.4) is 0 Å². The van der Waals surface area contributed by atoms with E-state index >= 15 is 0 Å². The van der Waals surface area contributed by atoms with Crippen LogP contribution in [0.25, 0.3) is 0 Å². The van der Waals surface area contributed by atoms with Crippen molar-refractivity contribution in [3.8, 4) is 5.75 Å². The first-order valence-corrected chi connectivity index (χ1v) is 7.60. The fourth-order valence-corrected chi connectivity index (χ4v) is 3.23. The number of hydrogen-bond acceptors (Lipinski definition) is 3. The Morgan fingerprint density at radius 3 is 2.61 bits per heavy atom.